The molecule has 2 heterocycles. The molecule has 0 radical (unpaired) electrons. The first-order valence-corrected chi connectivity index (χ1v) is 6.66. The van der Waals surface area contributed by atoms with Crippen LogP contribution in [0.2, 0.25) is 5.15 Å². The molecule has 1 atom stereocenters. The van der Waals surface area contributed by atoms with E-state index in [4.69, 9.17) is 11.6 Å². The fourth-order valence-corrected chi connectivity index (χ4v) is 2.59. The lowest BCUT2D eigenvalue weighted by Gasteiger charge is -2.29. The second-order valence-electron chi connectivity index (χ2n) is 4.66. The number of pyridine rings is 1. The predicted octanol–water partition coefficient (Wildman–Crippen LogP) is 3.09. The first kappa shape index (κ1) is 12.8. The molecule has 4 heteroatoms. The summed E-state index contributed by atoms with van der Waals surface area (Å²) < 4.78 is 0. The number of halogens is 1. The average molecular weight is 254 g/mol. The van der Waals surface area contributed by atoms with Crippen molar-refractivity contribution in [3.63, 3.8) is 0 Å². The molecule has 94 valence electrons. The first-order valence-electron chi connectivity index (χ1n) is 6.28. The molecule has 1 N–H and O–H groups in total. The summed E-state index contributed by atoms with van der Waals surface area (Å²) in [5, 5.41) is 2.93. The van der Waals surface area contributed by atoms with Crippen LogP contribution in [-0.4, -0.2) is 23.6 Å². The van der Waals surface area contributed by atoms with Gasteiger partial charge in [0.15, 0.2) is 0 Å². The molecule has 0 amide bonds. The number of hydrogen-bond acceptors (Lipinski definition) is 3. The van der Waals surface area contributed by atoms with Crippen molar-refractivity contribution in [2.45, 2.75) is 38.6 Å². The minimum atomic E-state index is 0.422. The van der Waals surface area contributed by atoms with Gasteiger partial charge in [-0.1, -0.05) is 24.4 Å². The molecule has 1 aliphatic heterocycles. The summed E-state index contributed by atoms with van der Waals surface area (Å²) in [6, 6.07) is 2.58. The minimum absolute atomic E-state index is 0.422. The zero-order valence-electron chi connectivity index (χ0n) is 10.5. The first-order chi connectivity index (χ1) is 8.22. The fraction of sp³-hybridized carbons (Fsp3) is 0.615. The lowest BCUT2D eigenvalue weighted by molar-refractivity contribution is 0.142. The van der Waals surface area contributed by atoms with Crippen molar-refractivity contribution in [2.24, 2.45) is 0 Å². The van der Waals surface area contributed by atoms with E-state index in [1.165, 1.54) is 31.2 Å². The summed E-state index contributed by atoms with van der Waals surface area (Å²) in [5.74, 6) is 0. The van der Waals surface area contributed by atoms with Gasteiger partial charge in [-0.05, 0) is 44.0 Å². The van der Waals surface area contributed by atoms with Crippen molar-refractivity contribution in [1.82, 2.24) is 15.4 Å². The number of hydrazine groups is 1. The van der Waals surface area contributed by atoms with Crippen LogP contribution in [0.1, 0.15) is 42.9 Å². The van der Waals surface area contributed by atoms with Gasteiger partial charge in [-0.3, -0.25) is 5.43 Å². The molecule has 1 saturated heterocycles. The zero-order chi connectivity index (χ0) is 12.3. The van der Waals surface area contributed by atoms with Crippen LogP contribution < -0.4 is 5.43 Å². The molecule has 0 saturated carbocycles. The minimum Gasteiger partial charge on any atom is -0.258 e. The van der Waals surface area contributed by atoms with Crippen molar-refractivity contribution in [1.29, 1.82) is 0 Å². The highest BCUT2D eigenvalue weighted by atomic mass is 35.5. The Labute approximate surface area is 108 Å². The molecule has 17 heavy (non-hydrogen) atoms. The Kier molecular flexibility index (Phi) is 4.37. The van der Waals surface area contributed by atoms with E-state index < -0.39 is 0 Å². The van der Waals surface area contributed by atoms with E-state index >= 15 is 0 Å². The van der Waals surface area contributed by atoms with Crippen molar-refractivity contribution in [3.8, 4) is 0 Å². The molecule has 0 aromatic carbocycles. The Hall–Kier alpha value is -0.640. The molecule has 1 aromatic rings. The van der Waals surface area contributed by atoms with Gasteiger partial charge in [-0.2, -0.15) is 0 Å². The highest BCUT2D eigenvalue weighted by molar-refractivity contribution is 6.30. The number of hydrogen-bond donors (Lipinski definition) is 1. The SMILES string of the molecule is CNN1CCCCC[C@H]1c1cnc(Cl)c(C)c1. The average Bonchev–Trinajstić information content (AvgIpc) is 2.57. The summed E-state index contributed by atoms with van der Waals surface area (Å²) in [7, 11) is 1.99. The maximum absolute atomic E-state index is 5.98. The third kappa shape index (κ3) is 2.97. The molecule has 1 aromatic heterocycles. The largest absolute Gasteiger partial charge is 0.258 e. The second kappa shape index (κ2) is 5.80. The summed E-state index contributed by atoms with van der Waals surface area (Å²) in [6.45, 7) is 3.11. The van der Waals surface area contributed by atoms with Crippen LogP contribution in [0.3, 0.4) is 0 Å². The quantitative estimate of drug-likeness (QED) is 0.821. The Balaban J connectivity index is 2.25. The summed E-state index contributed by atoms with van der Waals surface area (Å²) >= 11 is 5.98. The van der Waals surface area contributed by atoms with Gasteiger partial charge in [0, 0.05) is 12.7 Å². The van der Waals surface area contributed by atoms with Crippen LogP contribution in [0.25, 0.3) is 0 Å². The van der Waals surface area contributed by atoms with E-state index in [1.54, 1.807) is 0 Å². The van der Waals surface area contributed by atoms with E-state index in [-0.39, 0.29) is 0 Å². The molecule has 0 spiro atoms. The van der Waals surface area contributed by atoms with Crippen LogP contribution in [-0.2, 0) is 0 Å². The maximum Gasteiger partial charge on any atom is 0.131 e. The van der Waals surface area contributed by atoms with E-state index in [9.17, 15) is 0 Å². The highest BCUT2D eigenvalue weighted by Gasteiger charge is 2.22. The Morgan fingerprint density at radius 3 is 2.94 bits per heavy atom. The normalized spacial score (nSPS) is 22.4. The predicted molar refractivity (Wildman–Crippen MR) is 71.0 cm³/mol. The van der Waals surface area contributed by atoms with E-state index in [2.05, 4.69) is 21.5 Å². The van der Waals surface area contributed by atoms with Crippen molar-refractivity contribution >= 4 is 11.6 Å². The fourth-order valence-electron chi connectivity index (χ4n) is 2.48. The van der Waals surface area contributed by atoms with Crippen LogP contribution in [0.15, 0.2) is 12.3 Å². The van der Waals surface area contributed by atoms with Gasteiger partial charge in [0.25, 0.3) is 0 Å². The molecular weight excluding hydrogens is 234 g/mol. The van der Waals surface area contributed by atoms with Crippen molar-refractivity contribution in [2.75, 3.05) is 13.6 Å². The molecule has 3 nitrogen and oxygen atoms in total. The van der Waals surface area contributed by atoms with Gasteiger partial charge in [-0.25, -0.2) is 9.99 Å². The number of nitrogens with one attached hydrogen (secondary N) is 1. The Bertz CT molecular complexity index is 381. The van der Waals surface area contributed by atoms with Crippen molar-refractivity contribution in [3.05, 3.63) is 28.5 Å². The molecule has 2 rings (SSSR count). The van der Waals surface area contributed by atoms with Gasteiger partial charge in [-0.15, -0.1) is 0 Å². The molecule has 1 fully saturated rings. The molecule has 0 bridgehead atoms. The Morgan fingerprint density at radius 2 is 2.24 bits per heavy atom. The van der Waals surface area contributed by atoms with Crippen LogP contribution >= 0.6 is 11.6 Å². The Morgan fingerprint density at radius 1 is 1.41 bits per heavy atom. The second-order valence-corrected chi connectivity index (χ2v) is 5.02. The maximum atomic E-state index is 5.98. The molecular formula is C13H20ClN3. The third-order valence-electron chi connectivity index (χ3n) is 3.46. The molecule has 0 unspecified atom stereocenters. The number of aryl methyl sites for hydroxylation is 1. The van der Waals surface area contributed by atoms with Gasteiger partial charge in [0.2, 0.25) is 0 Å². The van der Waals surface area contributed by atoms with E-state index in [0.29, 0.717) is 11.2 Å². The van der Waals surface area contributed by atoms with Crippen LogP contribution in [0, 0.1) is 6.92 Å². The van der Waals surface area contributed by atoms with Gasteiger partial charge >= 0.3 is 0 Å². The standard InChI is InChI=1S/C13H20ClN3/c1-10-8-11(9-16-13(10)14)12-6-4-3-5-7-17(12)15-2/h8-9,12,15H,3-7H2,1-2H3/t12-/m0/s1. The number of aromatic nitrogens is 1. The number of nitrogens with zero attached hydrogens (tertiary/aromatic N) is 2. The number of rotatable bonds is 2. The summed E-state index contributed by atoms with van der Waals surface area (Å²) in [4.78, 5) is 4.26. The third-order valence-corrected chi connectivity index (χ3v) is 3.86. The van der Waals surface area contributed by atoms with E-state index in [0.717, 1.165) is 12.1 Å². The van der Waals surface area contributed by atoms with Crippen LogP contribution in [0.5, 0.6) is 0 Å². The summed E-state index contributed by atoms with van der Waals surface area (Å²) in [5.41, 5.74) is 5.63. The topological polar surface area (TPSA) is 28.2 Å². The molecule has 0 aliphatic carbocycles. The smallest absolute Gasteiger partial charge is 0.131 e. The van der Waals surface area contributed by atoms with E-state index in [1.807, 2.05) is 20.2 Å². The zero-order valence-corrected chi connectivity index (χ0v) is 11.3. The van der Waals surface area contributed by atoms with Gasteiger partial charge in [0.1, 0.15) is 5.15 Å². The molecule has 1 aliphatic rings. The van der Waals surface area contributed by atoms with Gasteiger partial charge in [0.05, 0.1) is 6.04 Å². The lowest BCUT2D eigenvalue weighted by Crippen LogP contribution is -2.38. The summed E-state index contributed by atoms with van der Waals surface area (Å²) in [6.07, 6.45) is 6.95. The highest BCUT2D eigenvalue weighted by Crippen LogP contribution is 2.29. The van der Waals surface area contributed by atoms with Crippen LogP contribution in [0.4, 0.5) is 0 Å². The monoisotopic (exact) mass is 253 g/mol. The van der Waals surface area contributed by atoms with Crippen molar-refractivity contribution < 1.29 is 0 Å². The van der Waals surface area contributed by atoms with Gasteiger partial charge < -0.3 is 0 Å². The lowest BCUT2D eigenvalue weighted by atomic mass is 10.0.